The topological polar surface area (TPSA) is 182 Å². The Bertz CT molecular complexity index is 1330. The van der Waals surface area contributed by atoms with Gasteiger partial charge in [0.2, 0.25) is 5.91 Å². The summed E-state index contributed by atoms with van der Waals surface area (Å²) in [5, 5.41) is 5.32. The molecule has 0 fully saturated rings. The third-order valence-electron chi connectivity index (χ3n) is 7.58. The molecular formula is C33H45BrN4O8. The Morgan fingerprint density at radius 2 is 1.70 bits per heavy atom. The Kier molecular flexibility index (Phi) is 15.6. The fourth-order valence-electron chi connectivity index (χ4n) is 4.86. The van der Waals surface area contributed by atoms with Crippen molar-refractivity contribution in [1.82, 2.24) is 15.5 Å². The lowest BCUT2D eigenvalue weighted by molar-refractivity contribution is -0.144. The van der Waals surface area contributed by atoms with Crippen LogP contribution in [0.15, 0.2) is 34.8 Å². The molecule has 0 saturated carbocycles. The van der Waals surface area contributed by atoms with Gasteiger partial charge in [0.05, 0.1) is 10.5 Å². The summed E-state index contributed by atoms with van der Waals surface area (Å²) in [6.07, 6.45) is 2.90. The van der Waals surface area contributed by atoms with Crippen molar-refractivity contribution in [3.05, 3.63) is 46.0 Å². The summed E-state index contributed by atoms with van der Waals surface area (Å²) in [5.74, 6) is -2.93. The first-order valence-corrected chi connectivity index (χ1v) is 16.3. The van der Waals surface area contributed by atoms with Crippen LogP contribution in [0.5, 0.6) is 0 Å². The number of rotatable bonds is 21. The molecule has 1 aliphatic heterocycles. The van der Waals surface area contributed by atoms with E-state index in [0.717, 1.165) is 4.90 Å². The van der Waals surface area contributed by atoms with Crippen molar-refractivity contribution in [3.8, 4) is 0 Å². The van der Waals surface area contributed by atoms with E-state index in [-0.39, 0.29) is 79.2 Å². The van der Waals surface area contributed by atoms with Crippen LogP contribution in [0.25, 0.3) is 0 Å². The van der Waals surface area contributed by atoms with E-state index in [1.54, 1.807) is 24.3 Å². The van der Waals surface area contributed by atoms with Gasteiger partial charge in [0.1, 0.15) is 12.4 Å². The number of nitrogens with one attached hydrogen (secondary N) is 2. The van der Waals surface area contributed by atoms with E-state index < -0.39 is 36.3 Å². The lowest BCUT2D eigenvalue weighted by atomic mass is 9.88. The highest BCUT2D eigenvalue weighted by atomic mass is 79.9. The molecule has 0 spiro atoms. The minimum atomic E-state index is -0.982. The summed E-state index contributed by atoms with van der Waals surface area (Å²) in [4.78, 5) is 87.3. The van der Waals surface area contributed by atoms with Crippen LogP contribution < -0.4 is 16.4 Å². The van der Waals surface area contributed by atoms with E-state index in [9.17, 15) is 33.6 Å². The van der Waals surface area contributed by atoms with Crippen LogP contribution in [0.3, 0.4) is 0 Å². The number of carbonyl (C=O) groups excluding carboxylic acids is 7. The van der Waals surface area contributed by atoms with Gasteiger partial charge in [0, 0.05) is 52.1 Å². The maximum Gasteiger partial charge on any atom is 0.312 e. The zero-order valence-corrected chi connectivity index (χ0v) is 28.2. The van der Waals surface area contributed by atoms with Gasteiger partial charge < -0.3 is 21.1 Å². The minimum Gasteiger partial charge on any atom is -0.461 e. The molecule has 3 atom stereocenters. The number of benzene rings is 1. The van der Waals surface area contributed by atoms with Crippen molar-refractivity contribution in [2.24, 2.45) is 17.6 Å². The second kappa shape index (κ2) is 19.6. The van der Waals surface area contributed by atoms with Crippen molar-refractivity contribution < 1.29 is 39.7 Å². The van der Waals surface area contributed by atoms with Gasteiger partial charge in [0.25, 0.3) is 11.8 Å². The third kappa shape index (κ3) is 13.2. The van der Waals surface area contributed by atoms with Gasteiger partial charge in [-0.1, -0.05) is 51.5 Å². The zero-order chi connectivity index (χ0) is 35.1. The molecule has 12 nitrogen and oxygen atoms in total. The number of halogens is 1. The monoisotopic (exact) mass is 706 g/mol. The molecule has 1 aliphatic rings. The standard InChI is InChI=1S/C33H45BrN4O8/c1-4-30(42)46-20-23-13-11-22(12-14-23)17-28(40)27(10-8-15-36-33(35)45)37-31(43)25(21(2)3)18-24(39)9-6-5-7-16-38-29(41)19-26(34)32(38)44/h11-14,19,21,25,27H,4-10,15-18,20H2,1-3H3,(H,37,43)(H3,35,36,45)/t25-,27-/m0/s1/i4T/t4?,25-,27-. The van der Waals surface area contributed by atoms with Crippen LogP contribution in [-0.4, -0.2) is 65.3 Å². The Labute approximate surface area is 279 Å². The Morgan fingerprint density at radius 3 is 2.28 bits per heavy atom. The van der Waals surface area contributed by atoms with Crippen LogP contribution >= 0.6 is 15.9 Å². The second-order valence-electron chi connectivity index (χ2n) is 11.5. The number of unbranched alkanes of at least 4 members (excludes halogenated alkanes) is 2. The highest BCUT2D eigenvalue weighted by Gasteiger charge is 2.30. The number of imide groups is 1. The number of nitrogens with zero attached hydrogens (tertiary/aromatic N) is 1. The number of Topliss-reactive ketones (excluding diaryl/α,β-unsaturated/α-hetero) is 2. The van der Waals surface area contributed by atoms with Crippen LogP contribution in [-0.2, 0) is 46.5 Å². The molecule has 1 heterocycles. The van der Waals surface area contributed by atoms with Crippen molar-refractivity contribution in [2.45, 2.75) is 91.2 Å². The molecular weight excluding hydrogens is 660 g/mol. The summed E-state index contributed by atoms with van der Waals surface area (Å²) in [7, 11) is 0. The fraction of sp³-hybridized carbons (Fsp3) is 0.545. The molecule has 0 bridgehead atoms. The van der Waals surface area contributed by atoms with Crippen LogP contribution in [0.2, 0.25) is 0 Å². The average Bonchev–Trinajstić information content (AvgIpc) is 3.25. The number of urea groups is 1. The third-order valence-corrected chi connectivity index (χ3v) is 8.15. The van der Waals surface area contributed by atoms with Gasteiger partial charge in [-0.15, -0.1) is 0 Å². The van der Waals surface area contributed by atoms with Crippen LogP contribution in [0, 0.1) is 11.8 Å². The predicted octanol–water partition coefficient (Wildman–Crippen LogP) is 3.62. The molecule has 13 heteroatoms. The first kappa shape index (κ1) is 36.6. The Hall–Kier alpha value is -3.87. The summed E-state index contributed by atoms with van der Waals surface area (Å²) in [5.41, 5.74) is 6.53. The van der Waals surface area contributed by atoms with Gasteiger partial charge in [-0.2, -0.15) is 0 Å². The average molecular weight is 708 g/mol. The highest BCUT2D eigenvalue weighted by molar-refractivity contribution is 9.12. The van der Waals surface area contributed by atoms with Gasteiger partial charge in [-0.25, -0.2) is 4.79 Å². The summed E-state index contributed by atoms with van der Waals surface area (Å²) in [6, 6.07) is 5.34. The molecule has 46 heavy (non-hydrogen) atoms. The number of amides is 5. The molecule has 1 aromatic rings. The van der Waals surface area contributed by atoms with Crippen molar-refractivity contribution in [3.63, 3.8) is 0 Å². The van der Waals surface area contributed by atoms with Crippen LogP contribution in [0.4, 0.5) is 4.79 Å². The van der Waals surface area contributed by atoms with E-state index in [0.29, 0.717) is 36.8 Å². The molecule has 0 aliphatic carbocycles. The molecule has 0 saturated heterocycles. The van der Waals surface area contributed by atoms with Crippen molar-refractivity contribution in [1.29, 1.82) is 0 Å². The Morgan fingerprint density at radius 1 is 1.02 bits per heavy atom. The van der Waals surface area contributed by atoms with E-state index in [4.69, 9.17) is 11.8 Å². The summed E-state index contributed by atoms with van der Waals surface area (Å²) in [6.45, 7) is 5.60. The molecule has 4 N–H and O–H groups in total. The second-order valence-corrected chi connectivity index (χ2v) is 12.4. The lowest BCUT2D eigenvalue weighted by Crippen LogP contribution is -2.46. The van der Waals surface area contributed by atoms with Crippen molar-refractivity contribution in [2.75, 3.05) is 13.1 Å². The fourth-order valence-corrected chi connectivity index (χ4v) is 5.27. The van der Waals surface area contributed by atoms with Gasteiger partial charge in [-0.3, -0.25) is 33.7 Å². The minimum absolute atomic E-state index is 0.00757. The number of primary amides is 1. The molecule has 2 rings (SSSR count). The summed E-state index contributed by atoms with van der Waals surface area (Å²) < 4.78 is 12.7. The molecule has 5 amide bonds. The molecule has 0 radical (unpaired) electrons. The van der Waals surface area contributed by atoms with E-state index >= 15 is 0 Å². The van der Waals surface area contributed by atoms with Gasteiger partial charge in [-0.05, 0) is 58.7 Å². The smallest absolute Gasteiger partial charge is 0.312 e. The quantitative estimate of drug-likeness (QED) is 0.0984. The number of carbonyl (C=O) groups is 7. The van der Waals surface area contributed by atoms with E-state index in [1.807, 2.05) is 13.8 Å². The first-order chi connectivity index (χ1) is 22.2. The maximum absolute atomic E-state index is 13.4. The number of ketones is 2. The van der Waals surface area contributed by atoms with E-state index in [1.165, 1.54) is 13.0 Å². The molecule has 252 valence electrons. The summed E-state index contributed by atoms with van der Waals surface area (Å²) >= 11 is 3.06. The Balaban J connectivity index is 1.94. The predicted molar refractivity (Wildman–Crippen MR) is 174 cm³/mol. The number of hydrogen-bond donors (Lipinski definition) is 3. The number of nitrogens with two attached hydrogens (primary N) is 1. The zero-order valence-electron chi connectivity index (χ0n) is 27.6. The largest absolute Gasteiger partial charge is 0.461 e. The first-order valence-electron chi connectivity index (χ1n) is 16.0. The SMILES string of the molecule is [3H]C(C)C(=O)OCc1ccc(CC(=O)[C@H](CCCNC(N)=O)NC(=O)[C@@H](CC(=O)CCCCCN2C(=O)C=C(Br)C2=O)C(C)C)cc1. The maximum atomic E-state index is 13.4. The van der Waals surface area contributed by atoms with Crippen molar-refractivity contribution >= 4 is 57.2 Å². The highest BCUT2D eigenvalue weighted by Crippen LogP contribution is 2.21. The molecule has 1 aromatic carbocycles. The van der Waals surface area contributed by atoms with E-state index in [2.05, 4.69) is 26.6 Å². The number of esters is 1. The number of hydrogen-bond acceptors (Lipinski definition) is 8. The van der Waals surface area contributed by atoms with Gasteiger partial charge in [0.15, 0.2) is 5.78 Å². The molecule has 0 aromatic heterocycles. The number of ether oxygens (including phenoxy) is 1. The molecule has 1 unspecified atom stereocenters. The normalized spacial score (nSPS) is 15.1. The van der Waals surface area contributed by atoms with Gasteiger partial charge >= 0.3 is 12.0 Å². The van der Waals surface area contributed by atoms with Crippen LogP contribution in [0.1, 0.15) is 84.6 Å². The lowest BCUT2D eigenvalue weighted by Gasteiger charge is -2.24.